The van der Waals surface area contributed by atoms with E-state index >= 15 is 0 Å². The zero-order chi connectivity index (χ0) is 28.9. The van der Waals surface area contributed by atoms with Crippen molar-refractivity contribution in [3.05, 3.63) is 53.6 Å². The third kappa shape index (κ3) is 5.89. The lowest BCUT2D eigenvalue weighted by Gasteiger charge is -2.57. The van der Waals surface area contributed by atoms with Crippen LogP contribution < -0.4 is 14.2 Å². The van der Waals surface area contributed by atoms with Gasteiger partial charge < -0.3 is 19.1 Å². The van der Waals surface area contributed by atoms with E-state index in [-0.39, 0.29) is 35.7 Å². The fraction of sp³-hybridized carbons (Fsp3) is 0.552. The molecule has 4 saturated carbocycles. The highest BCUT2D eigenvalue weighted by Gasteiger charge is 2.52. The molecular formula is C29H35F3N2O5S. The average molecular weight is 581 g/mol. The highest BCUT2D eigenvalue weighted by molar-refractivity contribution is 7.87. The Morgan fingerprint density at radius 2 is 1.65 bits per heavy atom. The first kappa shape index (κ1) is 28.6. The second-order valence-electron chi connectivity index (χ2n) is 11.9. The predicted octanol–water partition coefficient (Wildman–Crippen LogP) is 6.37. The van der Waals surface area contributed by atoms with Gasteiger partial charge in [0.15, 0.2) is 11.5 Å². The monoisotopic (exact) mass is 580 g/mol. The number of hydrogen-bond donors (Lipinski definition) is 1. The van der Waals surface area contributed by atoms with Gasteiger partial charge in [0.1, 0.15) is 4.90 Å². The van der Waals surface area contributed by atoms with Gasteiger partial charge in [-0.15, -0.1) is 0 Å². The zero-order valence-corrected chi connectivity index (χ0v) is 23.6. The van der Waals surface area contributed by atoms with E-state index in [1.54, 1.807) is 11.0 Å². The van der Waals surface area contributed by atoms with Gasteiger partial charge in [0.05, 0.1) is 12.7 Å². The molecule has 2 amide bonds. The number of hydrogen-bond acceptors (Lipinski definition) is 5. The number of amides is 2. The van der Waals surface area contributed by atoms with Crippen LogP contribution in [0.15, 0.2) is 47.4 Å². The van der Waals surface area contributed by atoms with Gasteiger partial charge in [0, 0.05) is 18.1 Å². The molecule has 0 aromatic heterocycles. The van der Waals surface area contributed by atoms with Gasteiger partial charge in [0.2, 0.25) is 0 Å². The molecule has 4 bridgehead atoms. The number of halogens is 3. The number of urea groups is 1. The van der Waals surface area contributed by atoms with Gasteiger partial charge in [-0.1, -0.05) is 12.1 Å². The predicted molar refractivity (Wildman–Crippen MR) is 142 cm³/mol. The molecule has 0 radical (unpaired) electrons. The van der Waals surface area contributed by atoms with Gasteiger partial charge in [-0.25, -0.2) is 4.79 Å². The molecule has 6 rings (SSSR count). The molecular weight excluding hydrogens is 545 g/mol. The van der Waals surface area contributed by atoms with E-state index in [1.165, 1.54) is 38.5 Å². The molecule has 0 aliphatic heterocycles. The van der Waals surface area contributed by atoms with Crippen LogP contribution in [-0.4, -0.2) is 38.0 Å². The number of ether oxygens (including phenoxy) is 1. The summed E-state index contributed by atoms with van der Waals surface area (Å²) in [5, 5.41) is 3.38. The van der Waals surface area contributed by atoms with Crippen molar-refractivity contribution in [2.24, 2.45) is 17.8 Å². The molecule has 2 aromatic carbocycles. The summed E-state index contributed by atoms with van der Waals surface area (Å²) in [4.78, 5) is 14.6. The molecule has 1 N–H and O–H groups in total. The molecule has 0 saturated heterocycles. The minimum Gasteiger partial charge on any atom is -0.493 e. The highest BCUT2D eigenvalue weighted by atomic mass is 32.2. The smallest absolute Gasteiger partial charge is 0.416 e. The number of benzene rings is 2. The summed E-state index contributed by atoms with van der Waals surface area (Å²) < 4.78 is 75.8. The van der Waals surface area contributed by atoms with Crippen molar-refractivity contribution in [2.45, 2.75) is 81.6 Å². The molecule has 0 heterocycles. The molecule has 7 nitrogen and oxygen atoms in total. The number of nitrogens with one attached hydrogen (secondary N) is 1. The Labute approximate surface area is 233 Å². The Morgan fingerprint density at radius 3 is 2.20 bits per heavy atom. The van der Waals surface area contributed by atoms with Crippen molar-refractivity contribution in [3.8, 4) is 11.5 Å². The minimum atomic E-state index is -4.71. The Morgan fingerprint density at radius 1 is 1.02 bits per heavy atom. The minimum absolute atomic E-state index is 0.0911. The standard InChI is InChI=1S/C29H35F3N2O5S/c1-18(2)34(27(35)33-28-14-20-9-21(15-28)11-22(10-20)16-28)17-19-7-8-25(38-3)26(12-19)39-40(36,37)24-6-4-5-23(13-24)29(30,31)32/h4-8,12-13,18,20-22H,9-11,14-17H2,1-3H3,(H,33,35). The SMILES string of the molecule is COc1ccc(CN(C(=O)NC23CC4CC(CC(C4)C2)C3)C(C)C)cc1OS(=O)(=O)c1cccc(C(F)(F)F)c1. The van der Waals surface area contributed by atoms with Crippen LogP contribution in [-0.2, 0) is 22.8 Å². The van der Waals surface area contributed by atoms with Crippen molar-refractivity contribution < 1.29 is 35.3 Å². The van der Waals surface area contributed by atoms with Crippen LogP contribution in [0.5, 0.6) is 11.5 Å². The van der Waals surface area contributed by atoms with Crippen LogP contribution in [0.1, 0.15) is 63.5 Å². The van der Waals surface area contributed by atoms with E-state index in [4.69, 9.17) is 8.92 Å². The third-order valence-corrected chi connectivity index (χ3v) is 9.76. The Kier molecular flexibility index (Phi) is 7.48. The molecule has 40 heavy (non-hydrogen) atoms. The van der Waals surface area contributed by atoms with Gasteiger partial charge in [-0.2, -0.15) is 21.6 Å². The van der Waals surface area contributed by atoms with E-state index in [1.807, 2.05) is 13.8 Å². The average Bonchev–Trinajstić information content (AvgIpc) is 2.85. The van der Waals surface area contributed by atoms with Crippen LogP contribution in [0.3, 0.4) is 0 Å². The first-order chi connectivity index (χ1) is 18.8. The summed E-state index contributed by atoms with van der Waals surface area (Å²) in [6.07, 6.45) is 2.14. The van der Waals surface area contributed by atoms with Crippen LogP contribution in [0, 0.1) is 17.8 Å². The Bertz CT molecular complexity index is 1340. The second-order valence-corrected chi connectivity index (χ2v) is 13.4. The van der Waals surface area contributed by atoms with Crippen molar-refractivity contribution in [2.75, 3.05) is 7.11 Å². The number of methoxy groups -OCH3 is 1. The molecule has 0 spiro atoms. The van der Waals surface area contributed by atoms with Gasteiger partial charge in [0.25, 0.3) is 0 Å². The maximum atomic E-state index is 13.6. The number of rotatable bonds is 8. The van der Waals surface area contributed by atoms with E-state index in [2.05, 4.69) is 5.32 Å². The summed E-state index contributed by atoms with van der Waals surface area (Å²) in [5.41, 5.74) is -0.675. The van der Waals surface area contributed by atoms with Crippen molar-refractivity contribution >= 4 is 16.1 Å². The number of carbonyl (C=O) groups is 1. The summed E-state index contributed by atoms with van der Waals surface area (Å²) in [6, 6.07) is 7.72. The highest BCUT2D eigenvalue weighted by Crippen LogP contribution is 2.55. The topological polar surface area (TPSA) is 84.9 Å². The van der Waals surface area contributed by atoms with E-state index in [0.717, 1.165) is 37.5 Å². The molecule has 4 aliphatic rings. The lowest BCUT2D eigenvalue weighted by molar-refractivity contribution is -0.137. The Balaban J connectivity index is 1.35. The summed E-state index contributed by atoms with van der Waals surface area (Å²) >= 11 is 0. The third-order valence-electron chi connectivity index (χ3n) is 8.53. The number of nitrogens with zero attached hydrogens (tertiary/aromatic N) is 1. The molecule has 0 unspecified atom stereocenters. The van der Waals surface area contributed by atoms with E-state index < -0.39 is 26.8 Å². The summed E-state index contributed by atoms with van der Waals surface area (Å²) in [6.45, 7) is 4.01. The van der Waals surface area contributed by atoms with E-state index in [0.29, 0.717) is 29.4 Å². The van der Waals surface area contributed by atoms with Crippen LogP contribution in [0.4, 0.5) is 18.0 Å². The quantitative estimate of drug-likeness (QED) is 0.367. The lowest BCUT2D eigenvalue weighted by Crippen LogP contribution is -2.62. The molecule has 4 fully saturated rings. The normalized spacial score (nSPS) is 25.6. The molecule has 11 heteroatoms. The summed E-state index contributed by atoms with van der Waals surface area (Å²) in [7, 11) is -3.28. The Hall–Kier alpha value is -2.95. The van der Waals surface area contributed by atoms with Crippen molar-refractivity contribution in [1.29, 1.82) is 0 Å². The number of carbonyl (C=O) groups excluding carboxylic acids is 1. The van der Waals surface area contributed by atoms with Crippen molar-refractivity contribution in [1.82, 2.24) is 10.2 Å². The lowest BCUT2D eigenvalue weighted by atomic mass is 9.53. The summed E-state index contributed by atoms with van der Waals surface area (Å²) in [5.74, 6) is 1.95. The molecule has 218 valence electrons. The van der Waals surface area contributed by atoms with Crippen LogP contribution >= 0.6 is 0 Å². The van der Waals surface area contributed by atoms with Gasteiger partial charge in [-0.3, -0.25) is 0 Å². The van der Waals surface area contributed by atoms with Crippen molar-refractivity contribution in [3.63, 3.8) is 0 Å². The maximum Gasteiger partial charge on any atom is 0.416 e. The van der Waals surface area contributed by atoms with Gasteiger partial charge >= 0.3 is 22.3 Å². The fourth-order valence-corrected chi connectivity index (χ4v) is 8.11. The molecule has 0 atom stereocenters. The molecule has 2 aromatic rings. The van der Waals surface area contributed by atoms with Crippen LogP contribution in [0.2, 0.25) is 0 Å². The largest absolute Gasteiger partial charge is 0.493 e. The van der Waals surface area contributed by atoms with Gasteiger partial charge in [-0.05, 0) is 106 Å². The maximum absolute atomic E-state index is 13.6. The number of alkyl halides is 3. The first-order valence-corrected chi connectivity index (χ1v) is 15.1. The first-order valence-electron chi connectivity index (χ1n) is 13.6. The second kappa shape index (κ2) is 10.5. The van der Waals surface area contributed by atoms with E-state index in [9.17, 15) is 26.4 Å². The van der Waals surface area contributed by atoms with Crippen LogP contribution in [0.25, 0.3) is 0 Å². The zero-order valence-electron chi connectivity index (χ0n) is 22.8. The fourth-order valence-electron chi connectivity index (χ4n) is 7.13. The molecule has 4 aliphatic carbocycles.